The summed E-state index contributed by atoms with van der Waals surface area (Å²) in [6.45, 7) is 3.62. The average Bonchev–Trinajstić information content (AvgIpc) is 2.03. The van der Waals surface area contributed by atoms with Gasteiger partial charge in [-0.3, -0.25) is 4.79 Å². The van der Waals surface area contributed by atoms with Crippen molar-refractivity contribution in [2.45, 2.75) is 13.8 Å². The summed E-state index contributed by atoms with van der Waals surface area (Å²) in [7, 11) is 0. The van der Waals surface area contributed by atoms with Crippen molar-refractivity contribution in [1.29, 1.82) is 5.26 Å². The zero-order valence-corrected chi connectivity index (χ0v) is 8.14. The smallest absolute Gasteiger partial charge is 0.252 e. The van der Waals surface area contributed by atoms with Crippen LogP contribution in [-0.2, 0) is 0 Å². The van der Waals surface area contributed by atoms with E-state index in [0.29, 0.717) is 11.1 Å². The van der Waals surface area contributed by atoms with E-state index >= 15 is 0 Å². The van der Waals surface area contributed by atoms with Gasteiger partial charge in [0.2, 0.25) is 0 Å². The molecule has 0 spiro atoms. The summed E-state index contributed by atoms with van der Waals surface area (Å²) in [5, 5.41) is 8.19. The SMILES string of the molecule is Cc1cc(C)c(C(=O)Cl)cc1C#N. The molecule has 0 saturated carbocycles. The van der Waals surface area contributed by atoms with E-state index in [9.17, 15) is 4.79 Å². The van der Waals surface area contributed by atoms with Crippen molar-refractivity contribution < 1.29 is 4.79 Å². The molecule has 0 aromatic heterocycles. The number of benzene rings is 1. The summed E-state index contributed by atoms with van der Waals surface area (Å²) in [5.74, 6) is 0. The van der Waals surface area contributed by atoms with E-state index in [1.807, 2.05) is 13.0 Å². The highest BCUT2D eigenvalue weighted by Crippen LogP contribution is 2.16. The summed E-state index contributed by atoms with van der Waals surface area (Å²) in [6, 6.07) is 5.32. The van der Waals surface area contributed by atoms with Crippen molar-refractivity contribution in [2.75, 3.05) is 0 Å². The van der Waals surface area contributed by atoms with Crippen molar-refractivity contribution in [3.05, 3.63) is 34.4 Å². The first-order valence-corrected chi connectivity index (χ1v) is 4.15. The number of hydrogen-bond donors (Lipinski definition) is 0. The van der Waals surface area contributed by atoms with E-state index in [-0.39, 0.29) is 0 Å². The Kier molecular flexibility index (Phi) is 2.69. The lowest BCUT2D eigenvalue weighted by Gasteiger charge is -2.03. The zero-order chi connectivity index (χ0) is 10.0. The van der Waals surface area contributed by atoms with Gasteiger partial charge in [-0.15, -0.1) is 0 Å². The lowest BCUT2D eigenvalue weighted by Crippen LogP contribution is -1.96. The molecule has 1 aromatic rings. The van der Waals surface area contributed by atoms with Gasteiger partial charge in [-0.1, -0.05) is 6.07 Å². The molecule has 3 heteroatoms. The summed E-state index contributed by atoms with van der Waals surface area (Å²) in [6.07, 6.45) is 0. The van der Waals surface area contributed by atoms with Gasteiger partial charge in [0.05, 0.1) is 11.6 Å². The summed E-state index contributed by atoms with van der Waals surface area (Å²) >= 11 is 5.34. The molecule has 1 rings (SSSR count). The molecule has 66 valence electrons. The van der Waals surface area contributed by atoms with Gasteiger partial charge >= 0.3 is 0 Å². The average molecular weight is 194 g/mol. The summed E-state index contributed by atoms with van der Waals surface area (Å²) < 4.78 is 0. The van der Waals surface area contributed by atoms with Gasteiger partial charge in [0.15, 0.2) is 0 Å². The molecular formula is C10H8ClNO. The molecule has 0 N–H and O–H groups in total. The van der Waals surface area contributed by atoms with Crippen LogP contribution < -0.4 is 0 Å². The second-order valence-electron chi connectivity index (χ2n) is 2.87. The van der Waals surface area contributed by atoms with Crippen LogP contribution in [0.3, 0.4) is 0 Å². The largest absolute Gasteiger partial charge is 0.276 e. The predicted molar refractivity (Wildman–Crippen MR) is 50.8 cm³/mol. The number of hydrogen-bond acceptors (Lipinski definition) is 2. The zero-order valence-electron chi connectivity index (χ0n) is 7.39. The highest BCUT2D eigenvalue weighted by atomic mass is 35.5. The van der Waals surface area contributed by atoms with Gasteiger partial charge in [-0.05, 0) is 42.6 Å². The van der Waals surface area contributed by atoms with E-state index in [1.165, 1.54) is 6.07 Å². The van der Waals surface area contributed by atoms with Gasteiger partial charge in [0.25, 0.3) is 5.24 Å². The molecule has 0 aliphatic rings. The number of nitriles is 1. The minimum atomic E-state index is -0.519. The molecule has 0 bridgehead atoms. The first kappa shape index (κ1) is 9.76. The predicted octanol–water partition coefficient (Wildman–Crippen LogP) is 2.55. The first-order valence-electron chi connectivity index (χ1n) is 3.77. The fourth-order valence-corrected chi connectivity index (χ4v) is 1.39. The minimum Gasteiger partial charge on any atom is -0.276 e. The van der Waals surface area contributed by atoms with Gasteiger partial charge in [-0.25, -0.2) is 0 Å². The summed E-state index contributed by atoms with van der Waals surface area (Å²) in [4.78, 5) is 10.9. The first-order chi connectivity index (χ1) is 6.06. The quantitative estimate of drug-likeness (QED) is 0.644. The Morgan fingerprint density at radius 3 is 2.46 bits per heavy atom. The molecule has 0 heterocycles. The number of carbonyl (C=O) groups excluding carboxylic acids is 1. The van der Waals surface area contributed by atoms with Gasteiger partial charge in [0, 0.05) is 5.56 Å². The van der Waals surface area contributed by atoms with Gasteiger partial charge in [0.1, 0.15) is 0 Å². The Morgan fingerprint density at radius 1 is 1.38 bits per heavy atom. The summed E-state index contributed by atoms with van der Waals surface area (Å²) in [5.41, 5.74) is 2.57. The van der Waals surface area contributed by atoms with Crippen LogP contribution in [0.4, 0.5) is 0 Å². The fourth-order valence-electron chi connectivity index (χ4n) is 1.18. The number of nitrogens with zero attached hydrogens (tertiary/aromatic N) is 1. The number of halogens is 1. The van der Waals surface area contributed by atoms with E-state index < -0.39 is 5.24 Å². The molecule has 0 radical (unpaired) electrons. The van der Waals surface area contributed by atoms with E-state index in [0.717, 1.165) is 11.1 Å². The maximum atomic E-state index is 10.9. The molecule has 0 unspecified atom stereocenters. The molecule has 1 aromatic carbocycles. The van der Waals surface area contributed by atoms with E-state index in [4.69, 9.17) is 16.9 Å². The fraction of sp³-hybridized carbons (Fsp3) is 0.200. The van der Waals surface area contributed by atoms with Crippen LogP contribution in [0.15, 0.2) is 12.1 Å². The Bertz CT molecular complexity index is 404. The molecule has 0 fully saturated rings. The van der Waals surface area contributed by atoms with E-state index in [1.54, 1.807) is 13.0 Å². The number of aryl methyl sites for hydroxylation is 2. The second-order valence-corrected chi connectivity index (χ2v) is 3.21. The van der Waals surface area contributed by atoms with Gasteiger partial charge in [-0.2, -0.15) is 5.26 Å². The third kappa shape index (κ3) is 1.88. The molecule has 2 nitrogen and oxygen atoms in total. The minimum absolute atomic E-state index is 0.406. The van der Waals surface area contributed by atoms with Crippen molar-refractivity contribution in [3.8, 4) is 6.07 Å². The topological polar surface area (TPSA) is 40.9 Å². The third-order valence-electron chi connectivity index (χ3n) is 1.90. The normalized spacial score (nSPS) is 9.38. The Balaban J connectivity index is 3.41. The van der Waals surface area contributed by atoms with Crippen LogP contribution in [0.2, 0.25) is 0 Å². The van der Waals surface area contributed by atoms with Crippen molar-refractivity contribution in [3.63, 3.8) is 0 Å². The molecule has 13 heavy (non-hydrogen) atoms. The van der Waals surface area contributed by atoms with Crippen LogP contribution >= 0.6 is 11.6 Å². The molecule has 0 saturated heterocycles. The Labute approximate surface area is 81.7 Å². The lowest BCUT2D eigenvalue weighted by atomic mass is 10.0. The van der Waals surface area contributed by atoms with Crippen molar-refractivity contribution in [2.24, 2.45) is 0 Å². The standard InChI is InChI=1S/C10H8ClNO/c1-6-3-7(2)9(10(11)13)4-8(6)5-12/h3-4H,1-2H3. The number of rotatable bonds is 1. The van der Waals surface area contributed by atoms with Crippen LogP contribution in [-0.4, -0.2) is 5.24 Å². The van der Waals surface area contributed by atoms with Crippen molar-refractivity contribution >= 4 is 16.8 Å². The van der Waals surface area contributed by atoms with Crippen LogP contribution in [0.25, 0.3) is 0 Å². The molecule has 0 atom stereocenters. The maximum absolute atomic E-state index is 10.9. The Hall–Kier alpha value is -1.33. The van der Waals surface area contributed by atoms with Crippen LogP contribution in [0.5, 0.6) is 0 Å². The molecule has 0 amide bonds. The monoisotopic (exact) mass is 193 g/mol. The van der Waals surface area contributed by atoms with Crippen LogP contribution in [0, 0.1) is 25.2 Å². The highest BCUT2D eigenvalue weighted by Gasteiger charge is 2.08. The lowest BCUT2D eigenvalue weighted by molar-refractivity contribution is 0.108. The maximum Gasteiger partial charge on any atom is 0.252 e. The molecule has 0 aliphatic carbocycles. The number of carbonyl (C=O) groups is 1. The molecular weight excluding hydrogens is 186 g/mol. The second kappa shape index (κ2) is 3.59. The highest BCUT2D eigenvalue weighted by molar-refractivity contribution is 6.67. The van der Waals surface area contributed by atoms with E-state index in [2.05, 4.69) is 0 Å². The Morgan fingerprint density at radius 2 is 2.00 bits per heavy atom. The van der Waals surface area contributed by atoms with Crippen LogP contribution in [0.1, 0.15) is 27.0 Å². The van der Waals surface area contributed by atoms with Gasteiger partial charge < -0.3 is 0 Å². The van der Waals surface area contributed by atoms with Crippen molar-refractivity contribution in [1.82, 2.24) is 0 Å². The molecule has 0 aliphatic heterocycles. The third-order valence-corrected chi connectivity index (χ3v) is 2.11.